The summed E-state index contributed by atoms with van der Waals surface area (Å²) in [5, 5.41) is 1.18. The molecule has 0 radical (unpaired) electrons. The molecular weight excluding hydrogens is 368 g/mol. The summed E-state index contributed by atoms with van der Waals surface area (Å²) in [5.74, 6) is 0.139. The van der Waals surface area contributed by atoms with Crippen molar-refractivity contribution in [3.8, 4) is 5.75 Å². The third-order valence-electron chi connectivity index (χ3n) is 4.24. The Morgan fingerprint density at radius 3 is 2.48 bits per heavy atom. The zero-order valence-electron chi connectivity index (χ0n) is 15.3. The molecule has 2 aromatic carbocycles. The van der Waals surface area contributed by atoms with Gasteiger partial charge in [0.1, 0.15) is 17.9 Å². The summed E-state index contributed by atoms with van der Waals surface area (Å²) >= 11 is 6.16. The highest BCUT2D eigenvalue weighted by Gasteiger charge is 2.12. The SMILES string of the molecule is Cc1cc2oc(=O)cc(COC(=O)COc3c(C)cccc3C)c2cc1Cl. The lowest BCUT2D eigenvalue weighted by Crippen LogP contribution is -2.16. The molecule has 140 valence electrons. The Balaban J connectivity index is 1.72. The van der Waals surface area contributed by atoms with Crippen molar-refractivity contribution < 1.29 is 18.7 Å². The van der Waals surface area contributed by atoms with Crippen LogP contribution in [0.15, 0.2) is 45.6 Å². The van der Waals surface area contributed by atoms with Gasteiger partial charge in [0.15, 0.2) is 6.61 Å². The fourth-order valence-corrected chi connectivity index (χ4v) is 2.99. The average Bonchev–Trinajstić information content (AvgIpc) is 2.60. The van der Waals surface area contributed by atoms with Gasteiger partial charge < -0.3 is 13.9 Å². The fourth-order valence-electron chi connectivity index (χ4n) is 2.83. The number of aryl methyl sites for hydroxylation is 3. The molecule has 0 saturated carbocycles. The number of carbonyl (C=O) groups is 1. The smallest absolute Gasteiger partial charge is 0.344 e. The Morgan fingerprint density at radius 2 is 1.78 bits per heavy atom. The topological polar surface area (TPSA) is 65.7 Å². The molecule has 0 aliphatic heterocycles. The van der Waals surface area contributed by atoms with Crippen LogP contribution in [-0.2, 0) is 16.1 Å². The van der Waals surface area contributed by atoms with Crippen LogP contribution in [0.2, 0.25) is 5.02 Å². The molecule has 0 aliphatic carbocycles. The first-order valence-electron chi connectivity index (χ1n) is 8.42. The minimum atomic E-state index is -0.530. The van der Waals surface area contributed by atoms with E-state index in [4.69, 9.17) is 25.5 Å². The minimum Gasteiger partial charge on any atom is -0.481 e. The molecule has 0 atom stereocenters. The molecular formula is C21H19ClO5. The summed E-state index contributed by atoms with van der Waals surface area (Å²) < 4.78 is 16.1. The number of ether oxygens (including phenoxy) is 2. The Labute approximate surface area is 161 Å². The van der Waals surface area contributed by atoms with Gasteiger partial charge in [-0.3, -0.25) is 0 Å². The summed E-state index contributed by atoms with van der Waals surface area (Å²) in [4.78, 5) is 23.8. The summed E-state index contributed by atoms with van der Waals surface area (Å²) in [6, 6.07) is 10.4. The van der Waals surface area contributed by atoms with Gasteiger partial charge in [-0.15, -0.1) is 0 Å². The number of benzene rings is 2. The molecule has 0 unspecified atom stereocenters. The number of fused-ring (bicyclic) bond motifs is 1. The van der Waals surface area contributed by atoms with Crippen LogP contribution in [0.3, 0.4) is 0 Å². The van der Waals surface area contributed by atoms with Crippen LogP contribution >= 0.6 is 11.6 Å². The lowest BCUT2D eigenvalue weighted by Gasteiger charge is -2.12. The van der Waals surface area contributed by atoms with E-state index in [-0.39, 0.29) is 13.2 Å². The van der Waals surface area contributed by atoms with Crippen LogP contribution in [0.1, 0.15) is 22.3 Å². The van der Waals surface area contributed by atoms with E-state index in [1.165, 1.54) is 6.07 Å². The maximum absolute atomic E-state index is 12.1. The number of esters is 1. The molecule has 27 heavy (non-hydrogen) atoms. The van der Waals surface area contributed by atoms with E-state index in [0.717, 1.165) is 16.7 Å². The third kappa shape index (κ3) is 4.31. The van der Waals surface area contributed by atoms with E-state index >= 15 is 0 Å². The molecule has 0 N–H and O–H groups in total. The maximum atomic E-state index is 12.1. The highest BCUT2D eigenvalue weighted by atomic mass is 35.5. The van der Waals surface area contributed by atoms with Crippen LogP contribution in [0, 0.1) is 20.8 Å². The molecule has 0 saturated heterocycles. The molecule has 5 nitrogen and oxygen atoms in total. The van der Waals surface area contributed by atoms with Gasteiger partial charge in [0.25, 0.3) is 0 Å². The zero-order chi connectivity index (χ0) is 19.6. The van der Waals surface area contributed by atoms with E-state index in [1.807, 2.05) is 39.0 Å². The molecule has 3 aromatic rings. The Kier molecular flexibility index (Phi) is 5.51. The summed E-state index contributed by atoms with van der Waals surface area (Å²) in [6.07, 6.45) is 0. The lowest BCUT2D eigenvalue weighted by molar-refractivity contribution is -0.147. The van der Waals surface area contributed by atoms with E-state index in [9.17, 15) is 9.59 Å². The van der Waals surface area contributed by atoms with E-state index in [0.29, 0.717) is 27.3 Å². The van der Waals surface area contributed by atoms with Gasteiger partial charge in [0.2, 0.25) is 0 Å². The van der Waals surface area contributed by atoms with Crippen molar-refractivity contribution in [1.82, 2.24) is 0 Å². The third-order valence-corrected chi connectivity index (χ3v) is 4.65. The van der Waals surface area contributed by atoms with E-state index in [1.54, 1.807) is 12.1 Å². The Bertz CT molecular complexity index is 1050. The van der Waals surface area contributed by atoms with Gasteiger partial charge in [-0.25, -0.2) is 9.59 Å². The first-order chi connectivity index (χ1) is 12.8. The monoisotopic (exact) mass is 386 g/mol. The summed E-state index contributed by atoms with van der Waals surface area (Å²) in [5.41, 5.74) is 3.11. The van der Waals surface area contributed by atoms with Crippen LogP contribution in [0.25, 0.3) is 11.0 Å². The largest absolute Gasteiger partial charge is 0.481 e. The van der Waals surface area contributed by atoms with E-state index in [2.05, 4.69) is 0 Å². The summed E-state index contributed by atoms with van der Waals surface area (Å²) in [7, 11) is 0. The lowest BCUT2D eigenvalue weighted by atomic mass is 10.1. The van der Waals surface area contributed by atoms with Gasteiger partial charge in [-0.1, -0.05) is 29.8 Å². The quantitative estimate of drug-likeness (QED) is 0.477. The number of carbonyl (C=O) groups excluding carboxylic acids is 1. The second-order valence-electron chi connectivity index (χ2n) is 6.36. The number of hydrogen-bond acceptors (Lipinski definition) is 5. The van der Waals surface area contributed by atoms with Crippen molar-refractivity contribution in [2.45, 2.75) is 27.4 Å². The molecule has 0 amide bonds. The van der Waals surface area contributed by atoms with Crippen molar-refractivity contribution >= 4 is 28.5 Å². The van der Waals surface area contributed by atoms with Gasteiger partial charge in [-0.05, 0) is 49.6 Å². The number of para-hydroxylation sites is 1. The van der Waals surface area contributed by atoms with Crippen LogP contribution in [0.5, 0.6) is 5.75 Å². The molecule has 0 bridgehead atoms. The highest BCUT2D eigenvalue weighted by molar-refractivity contribution is 6.32. The molecule has 1 heterocycles. The molecule has 0 spiro atoms. The Morgan fingerprint density at radius 1 is 1.07 bits per heavy atom. The molecule has 3 rings (SSSR count). The Hall–Kier alpha value is -2.79. The number of rotatable bonds is 5. The van der Waals surface area contributed by atoms with Crippen LogP contribution in [0.4, 0.5) is 0 Å². The zero-order valence-corrected chi connectivity index (χ0v) is 16.1. The number of halogens is 1. The minimum absolute atomic E-state index is 0.0730. The average molecular weight is 387 g/mol. The van der Waals surface area contributed by atoms with Crippen LogP contribution < -0.4 is 10.4 Å². The van der Waals surface area contributed by atoms with Crippen LogP contribution in [-0.4, -0.2) is 12.6 Å². The predicted octanol–water partition coefficient (Wildman–Crippen LogP) is 4.49. The van der Waals surface area contributed by atoms with Crippen molar-refractivity contribution in [2.24, 2.45) is 0 Å². The molecule has 6 heteroatoms. The van der Waals surface area contributed by atoms with Crippen molar-refractivity contribution in [3.05, 3.63) is 74.1 Å². The van der Waals surface area contributed by atoms with Crippen molar-refractivity contribution in [2.75, 3.05) is 6.61 Å². The predicted molar refractivity (Wildman–Crippen MR) is 103 cm³/mol. The first kappa shape index (κ1) is 19.0. The van der Waals surface area contributed by atoms with Gasteiger partial charge in [-0.2, -0.15) is 0 Å². The first-order valence-corrected chi connectivity index (χ1v) is 8.80. The van der Waals surface area contributed by atoms with Gasteiger partial charge in [0.05, 0.1) is 0 Å². The standard InChI is InChI=1S/C21H19ClO5/c1-12-5-4-6-13(2)21(12)26-11-20(24)25-10-15-8-19(23)27-18-7-14(3)17(22)9-16(15)18/h4-9H,10-11H2,1-3H3. The molecule has 0 fully saturated rings. The highest BCUT2D eigenvalue weighted by Crippen LogP contribution is 2.26. The summed E-state index contributed by atoms with van der Waals surface area (Å²) in [6.45, 7) is 5.35. The normalized spacial score (nSPS) is 10.8. The molecule has 0 aliphatic rings. The molecule has 1 aromatic heterocycles. The van der Waals surface area contributed by atoms with Crippen molar-refractivity contribution in [1.29, 1.82) is 0 Å². The number of hydrogen-bond donors (Lipinski definition) is 0. The van der Waals surface area contributed by atoms with Crippen molar-refractivity contribution in [3.63, 3.8) is 0 Å². The second kappa shape index (κ2) is 7.84. The van der Waals surface area contributed by atoms with Gasteiger partial charge >= 0.3 is 11.6 Å². The van der Waals surface area contributed by atoms with E-state index < -0.39 is 11.6 Å². The fraction of sp³-hybridized carbons (Fsp3) is 0.238. The second-order valence-corrected chi connectivity index (χ2v) is 6.77. The maximum Gasteiger partial charge on any atom is 0.344 e. The van der Waals surface area contributed by atoms with Gasteiger partial charge in [0, 0.05) is 22.0 Å².